The summed E-state index contributed by atoms with van der Waals surface area (Å²) in [6.07, 6.45) is 3.92. The lowest BCUT2D eigenvalue weighted by atomic mass is 10.0. The number of anilines is 1. The van der Waals surface area contributed by atoms with Gasteiger partial charge in [-0.3, -0.25) is 4.79 Å². The molecular formula is C41H34N4O2S. The van der Waals surface area contributed by atoms with E-state index in [4.69, 9.17) is 14.9 Å². The summed E-state index contributed by atoms with van der Waals surface area (Å²) in [5.74, 6) is 1.19. The van der Waals surface area contributed by atoms with Crippen molar-refractivity contribution in [3.63, 3.8) is 0 Å². The third kappa shape index (κ3) is 6.87. The van der Waals surface area contributed by atoms with Crippen LogP contribution in [-0.2, 0) is 11.4 Å². The molecule has 0 saturated heterocycles. The fourth-order valence-corrected chi connectivity index (χ4v) is 6.36. The van der Waals surface area contributed by atoms with Crippen LogP contribution in [0.5, 0.6) is 5.75 Å². The lowest BCUT2D eigenvalue weighted by molar-refractivity contribution is -0.114. The number of para-hydroxylation sites is 2. The molecule has 7 heteroatoms. The molecule has 7 rings (SSSR count). The normalized spacial score (nSPS) is 13.6. The number of benzene rings is 5. The number of rotatable bonds is 10. The van der Waals surface area contributed by atoms with Gasteiger partial charge in [0.15, 0.2) is 0 Å². The van der Waals surface area contributed by atoms with Gasteiger partial charge < -0.3 is 4.74 Å². The van der Waals surface area contributed by atoms with Crippen LogP contribution >= 0.6 is 11.8 Å². The highest BCUT2D eigenvalue weighted by atomic mass is 32.2. The first-order valence-corrected chi connectivity index (χ1v) is 16.8. The highest BCUT2D eigenvalue weighted by molar-refractivity contribution is 8.00. The lowest BCUT2D eigenvalue weighted by Crippen LogP contribution is -2.21. The largest absolute Gasteiger partial charge is 0.489 e. The monoisotopic (exact) mass is 646 g/mol. The van der Waals surface area contributed by atoms with E-state index in [1.807, 2.05) is 115 Å². The third-order valence-electron chi connectivity index (χ3n) is 8.10. The van der Waals surface area contributed by atoms with Crippen LogP contribution in [0.1, 0.15) is 22.3 Å². The second kappa shape index (κ2) is 14.0. The third-order valence-corrected chi connectivity index (χ3v) is 9.12. The van der Waals surface area contributed by atoms with E-state index in [2.05, 4.69) is 49.4 Å². The summed E-state index contributed by atoms with van der Waals surface area (Å²) in [7, 11) is 0. The standard InChI is InChI=1S/C41H34N4O2S/c1-29-18-21-36(22-19-29)48-28-38-37(41(46)45(42-38)35-16-10-5-11-17-35)25-33-26-44(34-14-8-4-9-15-34)43-40(33)32-20-23-39(30(2)24-32)47-27-31-12-6-3-7-13-31/h3-26H,27-28H2,1-2H3. The zero-order chi connectivity index (χ0) is 32.9. The van der Waals surface area contributed by atoms with Crippen LogP contribution in [0.4, 0.5) is 5.69 Å². The maximum absolute atomic E-state index is 14.1. The molecule has 0 spiro atoms. The van der Waals surface area contributed by atoms with Crippen LogP contribution in [0.25, 0.3) is 23.0 Å². The van der Waals surface area contributed by atoms with Crippen molar-refractivity contribution in [1.29, 1.82) is 0 Å². The van der Waals surface area contributed by atoms with Crippen molar-refractivity contribution in [2.45, 2.75) is 25.3 Å². The molecule has 2 heterocycles. The van der Waals surface area contributed by atoms with E-state index in [-0.39, 0.29) is 5.91 Å². The smallest absolute Gasteiger partial charge is 0.280 e. The summed E-state index contributed by atoms with van der Waals surface area (Å²) in [5, 5.41) is 11.4. The zero-order valence-corrected chi connectivity index (χ0v) is 27.6. The lowest BCUT2D eigenvalue weighted by Gasteiger charge is -2.11. The van der Waals surface area contributed by atoms with Crippen molar-refractivity contribution < 1.29 is 9.53 Å². The molecule has 1 aliphatic heterocycles. The number of amides is 1. The van der Waals surface area contributed by atoms with Crippen molar-refractivity contribution in [1.82, 2.24) is 9.78 Å². The van der Waals surface area contributed by atoms with Gasteiger partial charge in [-0.2, -0.15) is 15.2 Å². The van der Waals surface area contributed by atoms with Gasteiger partial charge in [0.1, 0.15) is 12.4 Å². The van der Waals surface area contributed by atoms with E-state index < -0.39 is 0 Å². The molecule has 6 aromatic rings. The average Bonchev–Trinajstić information content (AvgIpc) is 3.69. The summed E-state index contributed by atoms with van der Waals surface area (Å²) >= 11 is 1.66. The van der Waals surface area contributed by atoms with E-state index in [0.717, 1.165) is 50.0 Å². The molecule has 0 atom stereocenters. The number of hydrogen-bond donors (Lipinski definition) is 0. The minimum atomic E-state index is -0.167. The number of aromatic nitrogens is 2. The molecule has 236 valence electrons. The Morgan fingerprint density at radius 2 is 1.44 bits per heavy atom. The van der Waals surface area contributed by atoms with Crippen LogP contribution < -0.4 is 9.75 Å². The van der Waals surface area contributed by atoms with Gasteiger partial charge in [-0.1, -0.05) is 84.4 Å². The Morgan fingerprint density at radius 3 is 2.12 bits per heavy atom. The summed E-state index contributed by atoms with van der Waals surface area (Å²) < 4.78 is 8.04. The van der Waals surface area contributed by atoms with E-state index in [9.17, 15) is 4.79 Å². The van der Waals surface area contributed by atoms with Gasteiger partial charge in [-0.05, 0) is 85.6 Å². The number of ether oxygens (including phenoxy) is 1. The predicted molar refractivity (Wildman–Crippen MR) is 196 cm³/mol. The second-order valence-electron chi connectivity index (χ2n) is 11.6. The first kappa shape index (κ1) is 31.0. The van der Waals surface area contributed by atoms with Gasteiger partial charge in [-0.25, -0.2) is 4.68 Å². The SMILES string of the molecule is Cc1ccc(SCC2=NN(c3ccccc3)C(=O)C2=Cc2cn(-c3ccccc3)nc2-c2ccc(OCc3ccccc3)c(C)c2)cc1. The Kier molecular flexibility index (Phi) is 9.03. The van der Waals surface area contributed by atoms with Crippen molar-refractivity contribution >= 4 is 35.1 Å². The number of nitrogens with zero attached hydrogens (tertiary/aromatic N) is 4. The molecule has 6 nitrogen and oxygen atoms in total. The highest BCUT2D eigenvalue weighted by Crippen LogP contribution is 2.33. The fraction of sp³-hybridized carbons (Fsp3) is 0.0976. The van der Waals surface area contributed by atoms with Gasteiger partial charge in [-0.15, -0.1) is 11.8 Å². The summed E-state index contributed by atoms with van der Waals surface area (Å²) in [5.41, 5.74) is 8.75. The maximum atomic E-state index is 14.1. The van der Waals surface area contributed by atoms with E-state index in [1.54, 1.807) is 11.8 Å². The molecule has 0 N–H and O–H groups in total. The first-order valence-electron chi connectivity index (χ1n) is 15.8. The van der Waals surface area contributed by atoms with E-state index >= 15 is 0 Å². The predicted octanol–water partition coefficient (Wildman–Crippen LogP) is 9.31. The van der Waals surface area contributed by atoms with Crippen molar-refractivity contribution in [2.75, 3.05) is 10.8 Å². The molecule has 1 aromatic heterocycles. The summed E-state index contributed by atoms with van der Waals surface area (Å²) in [6, 6.07) is 44.2. The first-order chi connectivity index (χ1) is 23.5. The molecule has 1 aliphatic rings. The maximum Gasteiger partial charge on any atom is 0.280 e. The molecule has 5 aromatic carbocycles. The number of hydrazone groups is 1. The van der Waals surface area contributed by atoms with Crippen LogP contribution in [0, 0.1) is 13.8 Å². The minimum Gasteiger partial charge on any atom is -0.489 e. The molecule has 0 fully saturated rings. The van der Waals surface area contributed by atoms with E-state index in [0.29, 0.717) is 23.6 Å². The van der Waals surface area contributed by atoms with Crippen LogP contribution in [0.3, 0.4) is 0 Å². The summed E-state index contributed by atoms with van der Waals surface area (Å²) in [4.78, 5) is 15.2. The number of carbonyl (C=O) groups is 1. The number of thioether (sulfide) groups is 1. The van der Waals surface area contributed by atoms with Gasteiger partial charge >= 0.3 is 0 Å². The number of hydrogen-bond acceptors (Lipinski definition) is 5. The molecule has 48 heavy (non-hydrogen) atoms. The second-order valence-corrected chi connectivity index (χ2v) is 12.7. The van der Waals surface area contributed by atoms with Crippen molar-refractivity contribution in [3.05, 3.63) is 167 Å². The van der Waals surface area contributed by atoms with Crippen molar-refractivity contribution in [3.8, 4) is 22.7 Å². The van der Waals surface area contributed by atoms with Crippen LogP contribution in [-0.4, -0.2) is 27.2 Å². The molecule has 0 unspecified atom stereocenters. The minimum absolute atomic E-state index is 0.167. The highest BCUT2D eigenvalue weighted by Gasteiger charge is 2.31. The molecule has 0 saturated carbocycles. The van der Waals surface area contributed by atoms with Gasteiger partial charge in [0.2, 0.25) is 0 Å². The zero-order valence-electron chi connectivity index (χ0n) is 26.8. The Bertz CT molecular complexity index is 2110. The Balaban J connectivity index is 1.26. The Morgan fingerprint density at radius 1 is 0.771 bits per heavy atom. The number of carbonyl (C=O) groups excluding carboxylic acids is 1. The average molecular weight is 647 g/mol. The fourth-order valence-electron chi connectivity index (χ4n) is 5.52. The molecule has 0 bridgehead atoms. The Labute approximate surface area is 285 Å². The number of aryl methyl sites for hydroxylation is 2. The topological polar surface area (TPSA) is 59.7 Å². The van der Waals surface area contributed by atoms with Gasteiger partial charge in [0.05, 0.1) is 28.4 Å². The van der Waals surface area contributed by atoms with E-state index in [1.165, 1.54) is 10.6 Å². The summed E-state index contributed by atoms with van der Waals surface area (Å²) in [6.45, 7) is 4.61. The Hall–Kier alpha value is -5.66. The molecule has 0 aliphatic carbocycles. The molecular weight excluding hydrogens is 613 g/mol. The molecule has 0 radical (unpaired) electrons. The van der Waals surface area contributed by atoms with Crippen LogP contribution in [0.15, 0.2) is 155 Å². The molecule has 1 amide bonds. The van der Waals surface area contributed by atoms with Crippen molar-refractivity contribution in [2.24, 2.45) is 5.10 Å². The van der Waals surface area contributed by atoms with Gasteiger partial charge in [0, 0.05) is 28.0 Å². The quantitative estimate of drug-likeness (QED) is 0.110. The van der Waals surface area contributed by atoms with Crippen LogP contribution in [0.2, 0.25) is 0 Å². The van der Waals surface area contributed by atoms with Gasteiger partial charge in [0.25, 0.3) is 5.91 Å².